The lowest BCUT2D eigenvalue weighted by atomic mass is 9.94. The molecule has 0 radical (unpaired) electrons. The molecule has 0 aliphatic carbocycles. The minimum atomic E-state index is -4.07. The number of carbonyl (C=O) groups is 2. The molecular weight excluding hydrogens is 476 g/mol. The molecule has 36 heavy (non-hydrogen) atoms. The lowest BCUT2D eigenvalue weighted by molar-refractivity contribution is -0.134. The molecule has 3 aliphatic rings. The molecule has 0 unspecified atom stereocenters. The molecule has 3 saturated heterocycles. The molecule has 0 N–H and O–H groups in total. The van der Waals surface area contributed by atoms with Crippen LogP contribution in [0, 0.1) is 17.2 Å². The number of sulfonamides is 1. The summed E-state index contributed by atoms with van der Waals surface area (Å²) in [6.45, 7) is 5.92. The van der Waals surface area contributed by atoms with Gasteiger partial charge < -0.3 is 9.80 Å². The van der Waals surface area contributed by atoms with Gasteiger partial charge in [0.25, 0.3) is 10.0 Å². The number of unbranched alkanes of at least 4 members (excludes halogenated alkanes) is 2. The fourth-order valence-electron chi connectivity index (χ4n) is 6.14. The van der Waals surface area contributed by atoms with Crippen LogP contribution < -0.4 is 0 Å². The fraction of sp³-hybridized carbons (Fsp3) is 0.667. The minimum absolute atomic E-state index is 0.00392. The summed E-state index contributed by atoms with van der Waals surface area (Å²) in [5.41, 5.74) is 0.358. The zero-order valence-electron chi connectivity index (χ0n) is 21.3. The third-order valence-electron chi connectivity index (χ3n) is 7.94. The highest BCUT2D eigenvalue weighted by Gasteiger charge is 2.58. The van der Waals surface area contributed by atoms with Crippen molar-refractivity contribution in [3.63, 3.8) is 0 Å². The maximum absolute atomic E-state index is 13.5. The molecule has 0 aromatic heterocycles. The van der Waals surface area contributed by atoms with Gasteiger partial charge in [-0.05, 0) is 82.4 Å². The van der Waals surface area contributed by atoms with E-state index in [2.05, 4.69) is 4.90 Å². The van der Waals surface area contributed by atoms with E-state index in [1.54, 1.807) is 4.90 Å². The van der Waals surface area contributed by atoms with Crippen molar-refractivity contribution in [1.82, 2.24) is 14.1 Å². The summed E-state index contributed by atoms with van der Waals surface area (Å²) >= 11 is 0. The topological polar surface area (TPSA) is 102 Å². The average Bonchev–Trinajstić information content (AvgIpc) is 3.42. The van der Waals surface area contributed by atoms with Gasteiger partial charge in [0.05, 0.1) is 34.5 Å². The van der Waals surface area contributed by atoms with Gasteiger partial charge in [0, 0.05) is 13.0 Å². The van der Waals surface area contributed by atoms with Crippen molar-refractivity contribution < 1.29 is 18.0 Å². The molecule has 196 valence electrons. The van der Waals surface area contributed by atoms with Crippen molar-refractivity contribution >= 4 is 21.8 Å². The molecule has 0 spiro atoms. The smallest absolute Gasteiger partial charge is 0.266 e. The van der Waals surface area contributed by atoms with E-state index in [9.17, 15) is 18.0 Å². The van der Waals surface area contributed by atoms with Crippen LogP contribution in [0.2, 0.25) is 0 Å². The van der Waals surface area contributed by atoms with Gasteiger partial charge in [-0.15, -0.1) is 0 Å². The Morgan fingerprint density at radius 3 is 2.44 bits per heavy atom. The molecular formula is C27H38N4O4S. The number of rotatable bonds is 10. The van der Waals surface area contributed by atoms with Crippen LogP contribution in [0.3, 0.4) is 0 Å². The lowest BCUT2D eigenvalue weighted by Gasteiger charge is -2.28. The average molecular weight is 515 g/mol. The zero-order chi connectivity index (χ0) is 25.7. The fourth-order valence-corrected chi connectivity index (χ4v) is 7.80. The molecule has 2 amide bonds. The molecule has 3 heterocycles. The van der Waals surface area contributed by atoms with Gasteiger partial charge in [-0.3, -0.25) is 9.59 Å². The number of nitriles is 1. The second kappa shape index (κ2) is 11.7. The van der Waals surface area contributed by atoms with Crippen LogP contribution in [0.4, 0.5) is 0 Å². The van der Waals surface area contributed by atoms with Crippen LogP contribution in [-0.4, -0.2) is 72.6 Å². The van der Waals surface area contributed by atoms with Gasteiger partial charge in [-0.25, -0.2) is 12.7 Å². The first kappa shape index (κ1) is 26.6. The highest BCUT2D eigenvalue weighted by Crippen LogP contribution is 2.42. The summed E-state index contributed by atoms with van der Waals surface area (Å²) in [6.07, 6.45) is 9.01. The Balaban J connectivity index is 1.41. The predicted molar refractivity (Wildman–Crippen MR) is 136 cm³/mol. The van der Waals surface area contributed by atoms with E-state index in [0.29, 0.717) is 31.4 Å². The largest absolute Gasteiger partial charge is 0.337 e. The SMILES string of the molecule is CCC[C@H]1C(=O)N(S(=O)(=O)c2ccc(C#N)cc2)[C@H]2CCN(C(=O)CCCCCN3CCCCC3)[C@H]12. The summed E-state index contributed by atoms with van der Waals surface area (Å²) in [4.78, 5) is 30.9. The molecule has 0 saturated carbocycles. The quantitative estimate of drug-likeness (QED) is 0.443. The predicted octanol–water partition coefficient (Wildman–Crippen LogP) is 3.52. The Bertz CT molecular complexity index is 1080. The third-order valence-corrected chi connectivity index (χ3v) is 9.78. The maximum atomic E-state index is 13.5. The number of fused-ring (bicyclic) bond motifs is 1. The Hall–Kier alpha value is -2.44. The Kier molecular flexibility index (Phi) is 8.68. The first-order valence-corrected chi connectivity index (χ1v) is 14.9. The van der Waals surface area contributed by atoms with Crippen LogP contribution in [0.25, 0.3) is 0 Å². The van der Waals surface area contributed by atoms with Crippen molar-refractivity contribution in [1.29, 1.82) is 5.26 Å². The second-order valence-corrected chi connectivity index (χ2v) is 12.1. The number of piperidine rings is 1. The number of nitrogens with zero attached hydrogens (tertiary/aromatic N) is 4. The van der Waals surface area contributed by atoms with E-state index < -0.39 is 33.9 Å². The summed E-state index contributed by atoms with van der Waals surface area (Å²) in [5, 5.41) is 9.03. The standard InChI is InChI=1S/C27H38N4O4S/c1-2-9-23-26-24(31(27(23)33)36(34,35)22-13-11-21(20-28)12-14-22)15-19-30(26)25(32)10-5-3-6-16-29-17-7-4-8-18-29/h11-14,23-24,26H,2-10,15-19H2,1H3/t23-,24+,26-/m1/s1. The minimum Gasteiger partial charge on any atom is -0.337 e. The van der Waals surface area contributed by atoms with Crippen LogP contribution in [0.5, 0.6) is 0 Å². The van der Waals surface area contributed by atoms with Crippen molar-refractivity contribution in [3.8, 4) is 6.07 Å². The summed E-state index contributed by atoms with van der Waals surface area (Å²) in [6, 6.07) is 6.71. The van der Waals surface area contributed by atoms with E-state index in [4.69, 9.17) is 5.26 Å². The summed E-state index contributed by atoms with van der Waals surface area (Å²) in [7, 11) is -4.07. The molecule has 9 heteroatoms. The van der Waals surface area contributed by atoms with Crippen molar-refractivity contribution in [2.45, 2.75) is 88.1 Å². The number of hydrogen-bond donors (Lipinski definition) is 0. The van der Waals surface area contributed by atoms with E-state index in [1.807, 2.05) is 13.0 Å². The first-order valence-electron chi connectivity index (χ1n) is 13.5. The van der Waals surface area contributed by atoms with E-state index in [-0.39, 0.29) is 10.8 Å². The van der Waals surface area contributed by atoms with Crippen LogP contribution in [0.1, 0.15) is 76.7 Å². The van der Waals surface area contributed by atoms with Crippen molar-refractivity contribution in [2.75, 3.05) is 26.2 Å². The van der Waals surface area contributed by atoms with E-state index >= 15 is 0 Å². The Labute approximate surface area is 215 Å². The monoisotopic (exact) mass is 514 g/mol. The van der Waals surface area contributed by atoms with Crippen molar-refractivity contribution in [2.24, 2.45) is 5.92 Å². The molecule has 3 fully saturated rings. The number of amides is 2. The van der Waals surface area contributed by atoms with Gasteiger partial charge in [0.2, 0.25) is 11.8 Å². The Morgan fingerprint density at radius 1 is 1.06 bits per heavy atom. The van der Waals surface area contributed by atoms with Crippen molar-refractivity contribution in [3.05, 3.63) is 29.8 Å². The van der Waals surface area contributed by atoms with Gasteiger partial charge in [0.15, 0.2) is 0 Å². The molecule has 1 aromatic carbocycles. The van der Waals surface area contributed by atoms with Gasteiger partial charge in [-0.2, -0.15) is 5.26 Å². The molecule has 8 nitrogen and oxygen atoms in total. The first-order chi connectivity index (χ1) is 17.4. The van der Waals surface area contributed by atoms with Gasteiger partial charge >= 0.3 is 0 Å². The number of hydrogen-bond acceptors (Lipinski definition) is 6. The summed E-state index contributed by atoms with van der Waals surface area (Å²) in [5.74, 6) is -0.874. The second-order valence-electron chi connectivity index (χ2n) is 10.3. The third kappa shape index (κ3) is 5.45. The molecule has 1 aromatic rings. The number of likely N-dealkylation sites (tertiary alicyclic amines) is 2. The number of benzene rings is 1. The lowest BCUT2D eigenvalue weighted by Crippen LogP contribution is -2.43. The maximum Gasteiger partial charge on any atom is 0.266 e. The number of carbonyl (C=O) groups excluding carboxylic acids is 2. The molecule has 3 atom stereocenters. The highest BCUT2D eigenvalue weighted by atomic mass is 32.2. The molecule has 0 bridgehead atoms. The molecule has 3 aliphatic heterocycles. The van der Waals surface area contributed by atoms with Gasteiger partial charge in [-0.1, -0.05) is 26.2 Å². The van der Waals surface area contributed by atoms with E-state index in [1.165, 1.54) is 56.6 Å². The van der Waals surface area contributed by atoms with Gasteiger partial charge in [0.1, 0.15) is 0 Å². The van der Waals surface area contributed by atoms with Crippen LogP contribution in [-0.2, 0) is 19.6 Å². The van der Waals surface area contributed by atoms with E-state index in [0.717, 1.165) is 36.5 Å². The molecule has 4 rings (SSSR count). The van der Waals surface area contributed by atoms with Crippen LogP contribution >= 0.6 is 0 Å². The summed E-state index contributed by atoms with van der Waals surface area (Å²) < 4.78 is 28.1. The highest BCUT2D eigenvalue weighted by molar-refractivity contribution is 7.89. The normalized spacial score (nSPS) is 24.7. The Morgan fingerprint density at radius 2 is 1.78 bits per heavy atom. The van der Waals surface area contributed by atoms with Crippen LogP contribution in [0.15, 0.2) is 29.2 Å². The zero-order valence-corrected chi connectivity index (χ0v) is 22.1.